The van der Waals surface area contributed by atoms with Gasteiger partial charge in [0.05, 0.1) is 10.3 Å². The molecule has 2 atom stereocenters. The SMILES string of the molecule is CC(C)C1SCC(C(=O)O)N1S(=O)(=O)c1cccc(Br)c1. The first-order valence-corrected chi connectivity index (χ1v) is 9.67. The molecule has 1 saturated heterocycles. The van der Waals surface area contributed by atoms with Gasteiger partial charge in [0, 0.05) is 10.2 Å². The Morgan fingerprint density at radius 2 is 2.14 bits per heavy atom. The van der Waals surface area contributed by atoms with Crippen molar-refractivity contribution in [3.05, 3.63) is 28.7 Å². The number of carboxylic acid groups (broad SMARTS) is 1. The highest BCUT2D eigenvalue weighted by Crippen LogP contribution is 2.38. The zero-order valence-corrected chi connectivity index (χ0v) is 14.8. The van der Waals surface area contributed by atoms with Crippen molar-refractivity contribution in [3.63, 3.8) is 0 Å². The minimum Gasteiger partial charge on any atom is -0.480 e. The van der Waals surface area contributed by atoms with Crippen LogP contribution < -0.4 is 0 Å². The lowest BCUT2D eigenvalue weighted by molar-refractivity contribution is -0.140. The number of benzene rings is 1. The summed E-state index contributed by atoms with van der Waals surface area (Å²) in [6, 6.07) is 5.31. The van der Waals surface area contributed by atoms with Crippen LogP contribution in [0.1, 0.15) is 13.8 Å². The average Bonchev–Trinajstić information content (AvgIpc) is 2.84. The molecule has 1 N–H and O–H groups in total. The molecule has 1 aromatic carbocycles. The molecule has 8 heteroatoms. The lowest BCUT2D eigenvalue weighted by Crippen LogP contribution is -2.46. The van der Waals surface area contributed by atoms with Gasteiger partial charge in [-0.2, -0.15) is 4.31 Å². The summed E-state index contributed by atoms with van der Waals surface area (Å²) in [5.74, 6) is -0.809. The molecule has 1 aliphatic heterocycles. The average molecular weight is 394 g/mol. The van der Waals surface area contributed by atoms with Crippen LogP contribution in [-0.4, -0.2) is 41.0 Å². The van der Waals surface area contributed by atoms with Crippen molar-refractivity contribution in [3.8, 4) is 0 Å². The van der Waals surface area contributed by atoms with E-state index in [1.165, 1.54) is 23.9 Å². The second-order valence-corrected chi connectivity index (χ2v) is 9.02. The Balaban J connectivity index is 2.50. The normalized spacial score (nSPS) is 23.6. The van der Waals surface area contributed by atoms with E-state index in [1.807, 2.05) is 13.8 Å². The number of hydrogen-bond acceptors (Lipinski definition) is 4. The second-order valence-electron chi connectivity index (χ2n) is 5.11. The van der Waals surface area contributed by atoms with Crippen molar-refractivity contribution < 1.29 is 18.3 Å². The molecule has 0 aliphatic carbocycles. The third-order valence-corrected chi connectivity index (χ3v) is 7.34. The van der Waals surface area contributed by atoms with Crippen LogP contribution in [0, 0.1) is 5.92 Å². The minimum atomic E-state index is -3.85. The van der Waals surface area contributed by atoms with Crippen LogP contribution in [0.3, 0.4) is 0 Å². The number of nitrogens with zero attached hydrogens (tertiary/aromatic N) is 1. The Bertz CT molecular complexity index is 647. The van der Waals surface area contributed by atoms with E-state index >= 15 is 0 Å². The van der Waals surface area contributed by atoms with E-state index in [0.29, 0.717) is 4.47 Å². The van der Waals surface area contributed by atoms with Crippen molar-refractivity contribution in [2.75, 3.05) is 5.75 Å². The second kappa shape index (κ2) is 6.28. The summed E-state index contributed by atoms with van der Waals surface area (Å²) in [7, 11) is -3.85. The molecule has 2 rings (SSSR count). The summed E-state index contributed by atoms with van der Waals surface area (Å²) in [6.07, 6.45) is 0. The number of carboxylic acids is 1. The Morgan fingerprint density at radius 1 is 1.48 bits per heavy atom. The van der Waals surface area contributed by atoms with Gasteiger partial charge in [0.2, 0.25) is 10.0 Å². The van der Waals surface area contributed by atoms with Crippen LogP contribution >= 0.6 is 27.7 Å². The molecule has 0 bridgehead atoms. The van der Waals surface area contributed by atoms with Crippen molar-refractivity contribution >= 4 is 43.7 Å². The van der Waals surface area contributed by atoms with Gasteiger partial charge in [0.15, 0.2) is 0 Å². The predicted octanol–water partition coefficient (Wildman–Crippen LogP) is 2.62. The van der Waals surface area contributed by atoms with Gasteiger partial charge >= 0.3 is 5.97 Å². The van der Waals surface area contributed by atoms with E-state index in [0.717, 1.165) is 4.31 Å². The number of carbonyl (C=O) groups is 1. The van der Waals surface area contributed by atoms with E-state index in [9.17, 15) is 18.3 Å². The summed E-state index contributed by atoms with van der Waals surface area (Å²) in [6.45, 7) is 3.79. The molecule has 5 nitrogen and oxygen atoms in total. The largest absolute Gasteiger partial charge is 0.480 e. The maximum Gasteiger partial charge on any atom is 0.322 e. The van der Waals surface area contributed by atoms with Crippen LogP contribution in [0.4, 0.5) is 0 Å². The molecule has 1 aliphatic rings. The standard InChI is InChI=1S/C13H16BrNO4S2/c1-8(2)12-15(11(7-20-12)13(16)17)21(18,19)10-5-3-4-9(14)6-10/h3-6,8,11-12H,7H2,1-2H3,(H,16,17). The maximum atomic E-state index is 12.8. The Labute approximate surface area is 136 Å². The summed E-state index contributed by atoms with van der Waals surface area (Å²) < 4.78 is 27.5. The third kappa shape index (κ3) is 3.28. The zero-order valence-electron chi connectivity index (χ0n) is 11.6. The number of rotatable bonds is 4. The third-order valence-electron chi connectivity index (χ3n) is 3.21. The van der Waals surface area contributed by atoms with Crippen molar-refractivity contribution in [2.24, 2.45) is 5.92 Å². The highest BCUT2D eigenvalue weighted by Gasteiger charge is 2.47. The van der Waals surface area contributed by atoms with Crippen LogP contribution in [0.25, 0.3) is 0 Å². The van der Waals surface area contributed by atoms with Gasteiger partial charge in [-0.05, 0) is 24.1 Å². The van der Waals surface area contributed by atoms with Crippen molar-refractivity contribution in [1.29, 1.82) is 0 Å². The predicted molar refractivity (Wildman–Crippen MR) is 85.7 cm³/mol. The summed E-state index contributed by atoms with van der Waals surface area (Å²) in [4.78, 5) is 11.5. The van der Waals surface area contributed by atoms with Gasteiger partial charge in [-0.25, -0.2) is 8.42 Å². The van der Waals surface area contributed by atoms with Crippen LogP contribution in [0.2, 0.25) is 0 Å². The van der Waals surface area contributed by atoms with E-state index in [4.69, 9.17) is 0 Å². The van der Waals surface area contributed by atoms with E-state index in [2.05, 4.69) is 15.9 Å². The van der Waals surface area contributed by atoms with E-state index in [-0.39, 0.29) is 21.9 Å². The van der Waals surface area contributed by atoms with Gasteiger partial charge in [-0.15, -0.1) is 11.8 Å². The fraction of sp³-hybridized carbons (Fsp3) is 0.462. The summed E-state index contributed by atoms with van der Waals surface area (Å²) >= 11 is 4.62. The zero-order chi connectivity index (χ0) is 15.8. The number of aliphatic carboxylic acids is 1. The highest BCUT2D eigenvalue weighted by atomic mass is 79.9. The highest BCUT2D eigenvalue weighted by molar-refractivity contribution is 9.10. The molecule has 0 saturated carbocycles. The molecule has 1 fully saturated rings. The van der Waals surface area contributed by atoms with Crippen molar-refractivity contribution in [2.45, 2.75) is 30.2 Å². The van der Waals surface area contributed by atoms with Crippen LogP contribution in [0.5, 0.6) is 0 Å². The first kappa shape index (κ1) is 16.8. The molecule has 116 valence electrons. The Kier molecular flexibility index (Phi) is 5.02. The molecule has 0 amide bonds. The maximum absolute atomic E-state index is 12.8. The number of halogens is 1. The molecular formula is C13H16BrNO4S2. The van der Waals surface area contributed by atoms with Gasteiger partial charge in [0.25, 0.3) is 0 Å². The minimum absolute atomic E-state index is 0.0290. The molecule has 2 unspecified atom stereocenters. The molecule has 21 heavy (non-hydrogen) atoms. The molecular weight excluding hydrogens is 378 g/mol. The van der Waals surface area contributed by atoms with Gasteiger partial charge in [-0.3, -0.25) is 4.79 Å². The van der Waals surface area contributed by atoms with E-state index in [1.54, 1.807) is 12.1 Å². The Hall–Kier alpha value is -0.570. The smallest absolute Gasteiger partial charge is 0.322 e. The molecule has 0 radical (unpaired) electrons. The van der Waals surface area contributed by atoms with Gasteiger partial charge < -0.3 is 5.11 Å². The first-order chi connectivity index (χ1) is 9.75. The van der Waals surface area contributed by atoms with Gasteiger partial charge in [0.1, 0.15) is 6.04 Å². The Morgan fingerprint density at radius 3 is 2.67 bits per heavy atom. The summed E-state index contributed by atoms with van der Waals surface area (Å²) in [5.41, 5.74) is 0. The van der Waals surface area contributed by atoms with Crippen LogP contribution in [-0.2, 0) is 14.8 Å². The molecule has 0 aromatic heterocycles. The molecule has 1 heterocycles. The van der Waals surface area contributed by atoms with Gasteiger partial charge in [-0.1, -0.05) is 35.8 Å². The fourth-order valence-corrected chi connectivity index (χ4v) is 6.55. The van der Waals surface area contributed by atoms with Crippen LogP contribution in [0.15, 0.2) is 33.6 Å². The number of sulfonamides is 1. The lowest BCUT2D eigenvalue weighted by Gasteiger charge is -2.28. The number of thioether (sulfide) groups is 1. The fourth-order valence-electron chi connectivity index (χ4n) is 2.23. The lowest BCUT2D eigenvalue weighted by atomic mass is 10.2. The summed E-state index contributed by atoms with van der Waals surface area (Å²) in [5, 5.41) is 8.95. The number of hydrogen-bond donors (Lipinski definition) is 1. The van der Waals surface area contributed by atoms with E-state index < -0.39 is 22.0 Å². The quantitative estimate of drug-likeness (QED) is 0.850. The molecule has 1 aromatic rings. The topological polar surface area (TPSA) is 74.7 Å². The molecule has 0 spiro atoms. The van der Waals surface area contributed by atoms with Crippen molar-refractivity contribution in [1.82, 2.24) is 4.31 Å². The first-order valence-electron chi connectivity index (χ1n) is 6.38. The monoisotopic (exact) mass is 393 g/mol.